The number of amides is 1. The van der Waals surface area contributed by atoms with Gasteiger partial charge in [-0.1, -0.05) is 12.1 Å². The van der Waals surface area contributed by atoms with Gasteiger partial charge in [0, 0.05) is 6.26 Å². The quantitative estimate of drug-likeness (QED) is 0.513. The molecule has 1 amide bonds. The van der Waals surface area contributed by atoms with Crippen molar-refractivity contribution in [1.29, 1.82) is 0 Å². The molecular weight excluding hydrogens is 530 g/mol. The van der Waals surface area contributed by atoms with Crippen LogP contribution in [0.3, 0.4) is 0 Å². The van der Waals surface area contributed by atoms with Crippen molar-refractivity contribution in [2.75, 3.05) is 18.7 Å². The summed E-state index contributed by atoms with van der Waals surface area (Å²) in [5.41, 5.74) is -7.04. The smallest absolute Gasteiger partial charge is 0.496 e. The Bertz CT molecular complexity index is 1350. The molecule has 0 heterocycles. The zero-order valence-electron chi connectivity index (χ0n) is 19.1. The number of sulfone groups is 2. The van der Waals surface area contributed by atoms with Gasteiger partial charge < -0.3 is 14.8 Å². The fourth-order valence-electron chi connectivity index (χ4n) is 3.88. The summed E-state index contributed by atoms with van der Waals surface area (Å²) in [5, 5.41) is 1.49. The van der Waals surface area contributed by atoms with Crippen LogP contribution in [0.15, 0.2) is 41.3 Å². The van der Waals surface area contributed by atoms with Crippen LogP contribution in [-0.2, 0) is 19.7 Å². The molecule has 14 heteroatoms. The third-order valence-corrected chi connectivity index (χ3v) is 8.99. The van der Waals surface area contributed by atoms with Gasteiger partial charge in [0.15, 0.2) is 11.6 Å². The number of halogens is 4. The maximum Gasteiger partial charge on any atom is 0.501 e. The monoisotopic (exact) mass is 553 g/mol. The maximum atomic E-state index is 15.4. The number of nitrogens with one attached hydrogen (secondary N) is 1. The van der Waals surface area contributed by atoms with E-state index in [-0.39, 0.29) is 11.5 Å². The van der Waals surface area contributed by atoms with Crippen molar-refractivity contribution >= 4 is 31.3 Å². The fraction of sp³-hybridized carbons (Fsp3) is 0.409. The summed E-state index contributed by atoms with van der Waals surface area (Å²) < 4.78 is 113. The molecular formula is C22H23F4NO7S2. The number of alkyl halides is 3. The Morgan fingerprint density at radius 1 is 0.972 bits per heavy atom. The zero-order valence-corrected chi connectivity index (χ0v) is 20.8. The molecule has 1 fully saturated rings. The molecule has 8 nitrogen and oxygen atoms in total. The topological polar surface area (TPSA) is 116 Å². The second kappa shape index (κ2) is 10.2. The second-order valence-corrected chi connectivity index (χ2v) is 12.4. The number of para-hydroxylation sites is 1. The Labute approximate surface area is 205 Å². The zero-order chi connectivity index (χ0) is 26.9. The van der Waals surface area contributed by atoms with Crippen LogP contribution in [0.4, 0.5) is 23.2 Å². The SMILES string of the molecule is COc1ccc(OC2CCC(S(C)(=O)=O)CC2)c(F)c1C(=O)Nc1ccccc1S(=O)(=O)C(F)(F)F. The van der Waals surface area contributed by atoms with E-state index in [1.165, 1.54) is 18.2 Å². The highest BCUT2D eigenvalue weighted by Gasteiger charge is 2.48. The van der Waals surface area contributed by atoms with Crippen molar-refractivity contribution in [1.82, 2.24) is 0 Å². The lowest BCUT2D eigenvalue weighted by molar-refractivity contribution is -0.0435. The van der Waals surface area contributed by atoms with Crippen LogP contribution in [0.1, 0.15) is 36.0 Å². The third kappa shape index (κ3) is 5.75. The average molecular weight is 554 g/mol. The molecule has 2 aromatic carbocycles. The molecule has 0 aliphatic heterocycles. The molecule has 0 atom stereocenters. The van der Waals surface area contributed by atoms with E-state index in [0.717, 1.165) is 25.5 Å². The van der Waals surface area contributed by atoms with Gasteiger partial charge in [0.1, 0.15) is 21.2 Å². The highest BCUT2D eigenvalue weighted by Crippen LogP contribution is 2.36. The highest BCUT2D eigenvalue weighted by atomic mass is 32.2. The molecule has 0 bridgehead atoms. The molecule has 0 spiro atoms. The molecule has 1 N–H and O–H groups in total. The van der Waals surface area contributed by atoms with E-state index in [9.17, 15) is 34.8 Å². The van der Waals surface area contributed by atoms with Crippen molar-refractivity contribution in [3.05, 3.63) is 47.8 Å². The van der Waals surface area contributed by atoms with E-state index in [1.54, 1.807) is 0 Å². The summed E-state index contributed by atoms with van der Waals surface area (Å²) in [5.74, 6) is -3.05. The van der Waals surface area contributed by atoms with Gasteiger partial charge in [-0.05, 0) is 49.9 Å². The molecule has 36 heavy (non-hydrogen) atoms. The molecule has 1 aliphatic rings. The van der Waals surface area contributed by atoms with Gasteiger partial charge in [-0.15, -0.1) is 0 Å². The summed E-state index contributed by atoms with van der Waals surface area (Å²) in [6.45, 7) is 0. The van der Waals surface area contributed by atoms with Crippen molar-refractivity contribution in [3.8, 4) is 11.5 Å². The predicted octanol–water partition coefficient (Wildman–Crippen LogP) is 4.11. The summed E-state index contributed by atoms with van der Waals surface area (Å²) in [7, 11) is -7.89. The summed E-state index contributed by atoms with van der Waals surface area (Å²) in [6, 6.07) is 6.26. The van der Waals surface area contributed by atoms with Gasteiger partial charge in [-0.2, -0.15) is 13.2 Å². The van der Waals surface area contributed by atoms with Crippen LogP contribution < -0.4 is 14.8 Å². The first-order valence-electron chi connectivity index (χ1n) is 10.6. The Hall–Kier alpha value is -2.87. The van der Waals surface area contributed by atoms with E-state index in [0.29, 0.717) is 31.7 Å². The molecule has 0 radical (unpaired) electrons. The number of hydrogen-bond acceptors (Lipinski definition) is 7. The summed E-state index contributed by atoms with van der Waals surface area (Å²) >= 11 is 0. The summed E-state index contributed by atoms with van der Waals surface area (Å²) in [4.78, 5) is 11.7. The van der Waals surface area contributed by atoms with E-state index < -0.39 is 64.4 Å². The van der Waals surface area contributed by atoms with Crippen molar-refractivity contribution in [2.45, 2.75) is 47.4 Å². The fourth-order valence-corrected chi connectivity index (χ4v) is 5.93. The molecule has 2 aromatic rings. The molecule has 3 rings (SSSR count). The standard InChI is InChI=1S/C22H23F4NO7S2/c1-33-16-11-12-17(34-13-7-9-14(10-8-13)35(2,29)30)20(23)19(16)21(28)27-15-5-3-4-6-18(15)36(31,32)22(24,25)26/h3-6,11-14H,7-10H2,1-2H3,(H,27,28). The number of carbonyl (C=O) groups excluding carboxylic acids is 1. The van der Waals surface area contributed by atoms with Gasteiger partial charge in [0.25, 0.3) is 15.7 Å². The lowest BCUT2D eigenvalue weighted by Crippen LogP contribution is -2.31. The Kier molecular flexibility index (Phi) is 7.89. The van der Waals surface area contributed by atoms with Crippen molar-refractivity contribution in [3.63, 3.8) is 0 Å². The van der Waals surface area contributed by atoms with Gasteiger partial charge in [0.2, 0.25) is 0 Å². The number of anilines is 1. The Balaban J connectivity index is 1.89. The van der Waals surface area contributed by atoms with E-state index >= 15 is 4.39 Å². The van der Waals surface area contributed by atoms with Gasteiger partial charge in [0.05, 0.1) is 29.0 Å². The highest BCUT2D eigenvalue weighted by molar-refractivity contribution is 7.92. The number of rotatable bonds is 7. The number of benzene rings is 2. The number of carbonyl (C=O) groups is 1. The minimum absolute atomic E-state index is 0.269. The first kappa shape index (κ1) is 27.7. The van der Waals surface area contributed by atoms with Crippen LogP contribution >= 0.6 is 0 Å². The average Bonchev–Trinajstić information content (AvgIpc) is 2.79. The third-order valence-electron chi connectivity index (χ3n) is 5.77. The van der Waals surface area contributed by atoms with Crippen LogP contribution in [-0.4, -0.2) is 53.0 Å². The van der Waals surface area contributed by atoms with Crippen LogP contribution in [0.5, 0.6) is 11.5 Å². The first-order chi connectivity index (χ1) is 16.7. The normalized spacial score (nSPS) is 18.9. The molecule has 1 aliphatic carbocycles. The molecule has 0 unspecified atom stereocenters. The van der Waals surface area contributed by atoms with Crippen LogP contribution in [0.2, 0.25) is 0 Å². The Morgan fingerprint density at radius 2 is 1.56 bits per heavy atom. The van der Waals surface area contributed by atoms with Gasteiger partial charge in [-0.25, -0.2) is 21.2 Å². The molecule has 198 valence electrons. The minimum atomic E-state index is -5.81. The maximum absolute atomic E-state index is 15.4. The number of hydrogen-bond donors (Lipinski definition) is 1. The van der Waals surface area contributed by atoms with Crippen LogP contribution in [0, 0.1) is 5.82 Å². The van der Waals surface area contributed by atoms with E-state index in [4.69, 9.17) is 9.47 Å². The molecule has 0 saturated heterocycles. The largest absolute Gasteiger partial charge is 0.501 e. The number of methoxy groups -OCH3 is 1. The first-order valence-corrected chi connectivity index (χ1v) is 14.0. The lowest BCUT2D eigenvalue weighted by atomic mass is 9.97. The Morgan fingerprint density at radius 3 is 2.11 bits per heavy atom. The van der Waals surface area contributed by atoms with Gasteiger partial charge in [-0.3, -0.25) is 4.79 Å². The van der Waals surface area contributed by atoms with Crippen molar-refractivity contribution in [2.24, 2.45) is 0 Å². The van der Waals surface area contributed by atoms with E-state index in [1.807, 2.05) is 5.32 Å². The second-order valence-electron chi connectivity index (χ2n) is 8.20. The van der Waals surface area contributed by atoms with Crippen LogP contribution in [0.25, 0.3) is 0 Å². The molecule has 0 aromatic heterocycles. The lowest BCUT2D eigenvalue weighted by Gasteiger charge is -2.28. The van der Waals surface area contributed by atoms with Crippen molar-refractivity contribution < 1.29 is 48.7 Å². The minimum Gasteiger partial charge on any atom is -0.496 e. The number of ether oxygens (including phenoxy) is 2. The predicted molar refractivity (Wildman–Crippen MR) is 122 cm³/mol. The molecule has 1 saturated carbocycles. The van der Waals surface area contributed by atoms with Gasteiger partial charge >= 0.3 is 5.51 Å². The summed E-state index contributed by atoms with van der Waals surface area (Å²) in [6.07, 6.45) is 1.91. The van der Waals surface area contributed by atoms with E-state index in [2.05, 4.69) is 0 Å².